The van der Waals surface area contributed by atoms with Crippen molar-refractivity contribution in [1.29, 1.82) is 0 Å². The zero-order chi connectivity index (χ0) is 15.3. The number of alkyl halides is 3. The van der Waals surface area contributed by atoms with Crippen LogP contribution in [0.25, 0.3) is 0 Å². The van der Waals surface area contributed by atoms with Crippen molar-refractivity contribution in [2.24, 2.45) is 5.92 Å². The van der Waals surface area contributed by atoms with Crippen molar-refractivity contribution < 1.29 is 17.9 Å². The number of hydrogen-bond acceptors (Lipinski definition) is 4. The van der Waals surface area contributed by atoms with Crippen LogP contribution in [0.2, 0.25) is 0 Å². The molecule has 0 amide bonds. The lowest BCUT2D eigenvalue weighted by atomic mass is 9.98. The lowest BCUT2D eigenvalue weighted by molar-refractivity contribution is -0.137. The van der Waals surface area contributed by atoms with Gasteiger partial charge in [0, 0.05) is 18.2 Å². The van der Waals surface area contributed by atoms with Crippen molar-refractivity contribution >= 4 is 11.3 Å². The Bertz CT molecular complexity index is 407. The maximum Gasteiger partial charge on any atom is 0.443 e. The van der Waals surface area contributed by atoms with Crippen molar-refractivity contribution in [3.05, 3.63) is 16.1 Å². The van der Waals surface area contributed by atoms with E-state index >= 15 is 0 Å². The molecule has 0 aliphatic carbocycles. The molecule has 0 bridgehead atoms. The van der Waals surface area contributed by atoms with Crippen molar-refractivity contribution in [2.45, 2.75) is 45.5 Å². The molecule has 0 radical (unpaired) electrons. The summed E-state index contributed by atoms with van der Waals surface area (Å²) in [6, 6.07) is -0.270. The van der Waals surface area contributed by atoms with Crippen LogP contribution in [0.15, 0.2) is 6.20 Å². The standard InChI is InChI=1S/C13H21F3N2OS/c1-5-6-17-10(11(19-4)8(2)3)9-7-18-12(20-9)13(14,15)16/h7-8,10-11,17H,5-6H2,1-4H3. The van der Waals surface area contributed by atoms with Crippen molar-refractivity contribution in [1.82, 2.24) is 10.3 Å². The Morgan fingerprint density at radius 3 is 2.45 bits per heavy atom. The second-order valence-corrected chi connectivity index (χ2v) is 6.00. The predicted octanol–water partition coefficient (Wildman–Crippen LogP) is 3.87. The number of rotatable bonds is 7. The van der Waals surface area contributed by atoms with Crippen LogP contribution in [-0.4, -0.2) is 24.7 Å². The third kappa shape index (κ3) is 4.43. The number of aromatic nitrogens is 1. The number of nitrogens with zero attached hydrogens (tertiary/aromatic N) is 1. The first-order valence-electron chi connectivity index (χ1n) is 6.60. The van der Waals surface area contributed by atoms with Gasteiger partial charge in [-0.3, -0.25) is 0 Å². The Morgan fingerprint density at radius 1 is 1.40 bits per heavy atom. The van der Waals surface area contributed by atoms with Gasteiger partial charge in [0.1, 0.15) is 0 Å². The minimum atomic E-state index is -4.39. The summed E-state index contributed by atoms with van der Waals surface area (Å²) in [4.78, 5) is 4.05. The molecule has 20 heavy (non-hydrogen) atoms. The zero-order valence-corrected chi connectivity index (χ0v) is 12.9. The molecule has 2 unspecified atom stereocenters. The molecule has 0 aromatic carbocycles. The van der Waals surface area contributed by atoms with Gasteiger partial charge in [-0.1, -0.05) is 20.8 Å². The minimum Gasteiger partial charge on any atom is -0.379 e. The Labute approximate surface area is 121 Å². The van der Waals surface area contributed by atoms with Gasteiger partial charge < -0.3 is 10.1 Å². The number of thiazole rings is 1. The van der Waals surface area contributed by atoms with Gasteiger partial charge in [0.25, 0.3) is 0 Å². The highest BCUT2D eigenvalue weighted by atomic mass is 32.1. The third-order valence-corrected chi connectivity index (χ3v) is 4.07. The van der Waals surface area contributed by atoms with Crippen LogP contribution in [0.3, 0.4) is 0 Å². The molecule has 0 fully saturated rings. The normalized spacial score (nSPS) is 15.6. The summed E-state index contributed by atoms with van der Waals surface area (Å²) in [7, 11) is 1.58. The molecule has 0 spiro atoms. The van der Waals surface area contributed by atoms with Crippen molar-refractivity contribution in [3.63, 3.8) is 0 Å². The van der Waals surface area contributed by atoms with E-state index in [1.54, 1.807) is 7.11 Å². The van der Waals surface area contributed by atoms with Gasteiger partial charge in [-0.25, -0.2) is 4.98 Å². The first-order valence-corrected chi connectivity index (χ1v) is 7.42. The van der Waals surface area contributed by atoms with E-state index in [4.69, 9.17) is 4.74 Å². The smallest absolute Gasteiger partial charge is 0.379 e. The highest BCUT2D eigenvalue weighted by Crippen LogP contribution is 2.36. The summed E-state index contributed by atoms with van der Waals surface area (Å²) in [5, 5.41) is 2.45. The average Bonchev–Trinajstić information content (AvgIpc) is 2.82. The van der Waals surface area contributed by atoms with Crippen molar-refractivity contribution in [3.8, 4) is 0 Å². The zero-order valence-electron chi connectivity index (χ0n) is 12.1. The van der Waals surface area contributed by atoms with Gasteiger partial charge in [-0.05, 0) is 18.9 Å². The number of hydrogen-bond donors (Lipinski definition) is 1. The number of halogens is 3. The number of methoxy groups -OCH3 is 1. The van der Waals surface area contributed by atoms with Crippen LogP contribution in [-0.2, 0) is 10.9 Å². The SMILES string of the molecule is CCCNC(c1cnc(C(F)(F)F)s1)C(OC)C(C)C. The molecule has 7 heteroatoms. The number of nitrogens with one attached hydrogen (secondary N) is 1. The first-order chi connectivity index (χ1) is 9.31. The highest BCUT2D eigenvalue weighted by molar-refractivity contribution is 7.11. The van der Waals surface area contributed by atoms with E-state index in [1.807, 2.05) is 20.8 Å². The number of ether oxygens (including phenoxy) is 1. The van der Waals surface area contributed by atoms with E-state index in [9.17, 15) is 13.2 Å². The molecular formula is C13H21F3N2OS. The molecule has 1 aromatic heterocycles. The fourth-order valence-corrected chi connectivity index (χ4v) is 2.93. The van der Waals surface area contributed by atoms with Gasteiger partial charge >= 0.3 is 6.18 Å². The van der Waals surface area contributed by atoms with Gasteiger partial charge in [-0.15, -0.1) is 11.3 Å². The monoisotopic (exact) mass is 310 g/mol. The average molecular weight is 310 g/mol. The topological polar surface area (TPSA) is 34.2 Å². The third-order valence-electron chi connectivity index (χ3n) is 2.94. The Kier molecular flexibility index (Phi) is 6.42. The molecule has 0 aliphatic rings. The summed E-state index contributed by atoms with van der Waals surface area (Å²) < 4.78 is 43.4. The molecular weight excluding hydrogens is 289 g/mol. The van der Waals surface area contributed by atoms with E-state index in [-0.39, 0.29) is 18.1 Å². The molecule has 3 nitrogen and oxygen atoms in total. The van der Waals surface area contributed by atoms with E-state index in [1.165, 1.54) is 6.20 Å². The largest absolute Gasteiger partial charge is 0.443 e. The summed E-state index contributed by atoms with van der Waals surface area (Å²) in [5.74, 6) is 0.186. The highest BCUT2D eigenvalue weighted by Gasteiger charge is 2.36. The Morgan fingerprint density at radius 2 is 2.05 bits per heavy atom. The lowest BCUT2D eigenvalue weighted by Crippen LogP contribution is -2.36. The van der Waals surface area contributed by atoms with E-state index < -0.39 is 11.2 Å². The maximum atomic E-state index is 12.7. The summed E-state index contributed by atoms with van der Waals surface area (Å²) in [6.07, 6.45) is -2.38. The second kappa shape index (κ2) is 7.38. The van der Waals surface area contributed by atoms with Gasteiger partial charge in [0.15, 0.2) is 5.01 Å². The van der Waals surface area contributed by atoms with Crippen LogP contribution >= 0.6 is 11.3 Å². The van der Waals surface area contributed by atoms with Crippen molar-refractivity contribution in [2.75, 3.05) is 13.7 Å². The second-order valence-electron chi connectivity index (χ2n) is 4.94. The summed E-state index contributed by atoms with van der Waals surface area (Å²) in [6.45, 7) is 6.70. The van der Waals surface area contributed by atoms with Crippen LogP contribution in [0.5, 0.6) is 0 Å². The summed E-state index contributed by atoms with van der Waals surface area (Å²) >= 11 is 0.681. The molecule has 1 N–H and O–H groups in total. The molecule has 0 saturated carbocycles. The molecule has 1 aromatic rings. The van der Waals surface area contributed by atoms with E-state index in [0.29, 0.717) is 16.2 Å². The van der Waals surface area contributed by atoms with Crippen LogP contribution in [0.1, 0.15) is 43.1 Å². The van der Waals surface area contributed by atoms with Gasteiger partial charge in [-0.2, -0.15) is 13.2 Å². The minimum absolute atomic E-state index is 0.186. The van der Waals surface area contributed by atoms with E-state index in [0.717, 1.165) is 13.0 Å². The fraction of sp³-hybridized carbons (Fsp3) is 0.769. The summed E-state index contributed by atoms with van der Waals surface area (Å²) in [5.41, 5.74) is 0. The predicted molar refractivity (Wildman–Crippen MR) is 73.8 cm³/mol. The van der Waals surface area contributed by atoms with Gasteiger partial charge in [0.05, 0.1) is 12.1 Å². The Balaban J connectivity index is 3.01. The lowest BCUT2D eigenvalue weighted by Gasteiger charge is -2.29. The maximum absolute atomic E-state index is 12.7. The van der Waals surface area contributed by atoms with Crippen LogP contribution < -0.4 is 5.32 Å². The molecule has 1 rings (SSSR count). The first kappa shape index (κ1) is 17.4. The van der Waals surface area contributed by atoms with Gasteiger partial charge in [0.2, 0.25) is 0 Å². The molecule has 116 valence electrons. The van der Waals surface area contributed by atoms with E-state index in [2.05, 4.69) is 10.3 Å². The quantitative estimate of drug-likeness (QED) is 0.830. The van der Waals surface area contributed by atoms with Crippen LogP contribution in [0, 0.1) is 5.92 Å². The van der Waals surface area contributed by atoms with Crippen LogP contribution in [0.4, 0.5) is 13.2 Å². The molecule has 2 atom stereocenters. The molecule has 0 saturated heterocycles. The molecule has 0 aliphatic heterocycles. The Hall–Kier alpha value is -0.660. The fourth-order valence-electron chi connectivity index (χ4n) is 2.03. The molecule has 1 heterocycles.